The average molecular weight is 390 g/mol. The zero-order chi connectivity index (χ0) is 19.7. The van der Waals surface area contributed by atoms with E-state index in [1.807, 2.05) is 0 Å². The molecule has 3 heterocycles. The van der Waals surface area contributed by atoms with Crippen molar-refractivity contribution in [1.29, 1.82) is 0 Å². The maximum atomic E-state index is 12.9. The van der Waals surface area contributed by atoms with Crippen LogP contribution in [-0.4, -0.2) is 79.3 Å². The molecule has 1 unspecified atom stereocenters. The lowest BCUT2D eigenvalue weighted by Crippen LogP contribution is -2.44. The molecular weight excluding hydrogens is 350 g/mol. The normalized spacial score (nSPS) is 35.7. The Morgan fingerprint density at radius 3 is 2.11 bits per heavy atom. The third-order valence-corrected chi connectivity index (χ3v) is 8.24. The minimum Gasteiger partial charge on any atom is -0.342 e. The van der Waals surface area contributed by atoms with E-state index in [-0.39, 0.29) is 11.8 Å². The number of likely N-dealkylation sites (tertiary alicyclic amines) is 3. The van der Waals surface area contributed by atoms with Crippen molar-refractivity contribution in [3.63, 3.8) is 0 Å². The fourth-order valence-electron chi connectivity index (χ4n) is 6.38. The van der Waals surface area contributed by atoms with E-state index < -0.39 is 0 Å². The van der Waals surface area contributed by atoms with Gasteiger partial charge in [0.15, 0.2) is 0 Å². The van der Waals surface area contributed by atoms with Crippen LogP contribution < -0.4 is 0 Å². The molecule has 0 aromatic carbocycles. The van der Waals surface area contributed by atoms with Gasteiger partial charge >= 0.3 is 0 Å². The minimum atomic E-state index is 0.171. The molecule has 0 radical (unpaired) electrons. The average Bonchev–Trinajstić information content (AvgIpc) is 3.26. The largest absolute Gasteiger partial charge is 0.342 e. The summed E-state index contributed by atoms with van der Waals surface area (Å²) < 4.78 is 0. The molecule has 0 bridgehead atoms. The smallest absolute Gasteiger partial charge is 0.225 e. The van der Waals surface area contributed by atoms with Crippen LogP contribution in [0.2, 0.25) is 0 Å². The highest BCUT2D eigenvalue weighted by molar-refractivity contribution is 5.81. The van der Waals surface area contributed by atoms with Gasteiger partial charge < -0.3 is 14.7 Å². The van der Waals surface area contributed by atoms with Crippen LogP contribution in [0.15, 0.2) is 0 Å². The molecule has 1 spiro atoms. The van der Waals surface area contributed by atoms with E-state index in [0.717, 1.165) is 57.5 Å². The van der Waals surface area contributed by atoms with Crippen molar-refractivity contribution >= 4 is 11.7 Å². The van der Waals surface area contributed by atoms with Crippen LogP contribution in [0.5, 0.6) is 0 Å². The van der Waals surface area contributed by atoms with Crippen molar-refractivity contribution in [2.75, 3.05) is 52.9 Å². The number of piperidine rings is 1. The summed E-state index contributed by atoms with van der Waals surface area (Å²) >= 11 is 0. The van der Waals surface area contributed by atoms with Crippen molar-refractivity contribution < 1.29 is 9.59 Å². The molecule has 1 saturated carbocycles. The lowest BCUT2D eigenvalue weighted by molar-refractivity contribution is -0.139. The lowest BCUT2D eigenvalue weighted by Gasteiger charge is -2.37. The third-order valence-electron chi connectivity index (χ3n) is 8.24. The maximum absolute atomic E-state index is 12.9. The number of hydrogen-bond donors (Lipinski definition) is 0. The van der Waals surface area contributed by atoms with Gasteiger partial charge in [0, 0.05) is 44.6 Å². The van der Waals surface area contributed by atoms with Crippen molar-refractivity contribution in [3.05, 3.63) is 0 Å². The summed E-state index contributed by atoms with van der Waals surface area (Å²) in [6.07, 6.45) is 8.72. The molecule has 3 aliphatic heterocycles. The van der Waals surface area contributed by atoms with Crippen LogP contribution in [0.1, 0.15) is 58.3 Å². The monoisotopic (exact) mass is 389 g/mol. The highest BCUT2D eigenvalue weighted by Crippen LogP contribution is 2.39. The molecule has 0 N–H and O–H groups in total. The number of carbonyl (C=O) groups excluding carboxylic acids is 2. The fraction of sp³-hybridized carbons (Fsp3) is 0.913. The molecule has 28 heavy (non-hydrogen) atoms. The zero-order valence-electron chi connectivity index (χ0n) is 18.0. The number of ketones is 1. The lowest BCUT2D eigenvalue weighted by atomic mass is 9.79. The van der Waals surface area contributed by atoms with Gasteiger partial charge in [0.2, 0.25) is 5.91 Å². The van der Waals surface area contributed by atoms with E-state index in [4.69, 9.17) is 0 Å². The van der Waals surface area contributed by atoms with Gasteiger partial charge in [-0.25, -0.2) is 0 Å². The standard InChI is InChI=1S/C23H39N3O2/c1-18(27)20-3-5-21(6-4-20)22(28)26-11-7-19(8-12-26)15-25-14-10-23(17-25)9-13-24(2)16-23/h19-21H,3-17H2,1-2H3. The van der Waals surface area contributed by atoms with E-state index in [9.17, 15) is 9.59 Å². The maximum Gasteiger partial charge on any atom is 0.225 e. The molecule has 3 saturated heterocycles. The van der Waals surface area contributed by atoms with Crippen molar-refractivity contribution in [2.45, 2.75) is 58.3 Å². The molecule has 1 aliphatic carbocycles. The number of Topliss-reactive ketones (excluding diaryl/α,β-unsaturated/α-hetero) is 1. The summed E-state index contributed by atoms with van der Waals surface area (Å²) in [5, 5.41) is 0. The number of rotatable bonds is 4. The second-order valence-electron chi connectivity index (χ2n) is 10.4. The van der Waals surface area contributed by atoms with Gasteiger partial charge in [0.25, 0.3) is 0 Å². The van der Waals surface area contributed by atoms with Gasteiger partial charge in [-0.3, -0.25) is 9.59 Å². The Labute approximate surface area is 170 Å². The van der Waals surface area contributed by atoms with Crippen LogP contribution in [0.4, 0.5) is 0 Å². The van der Waals surface area contributed by atoms with E-state index in [2.05, 4.69) is 21.7 Å². The molecule has 1 atom stereocenters. The molecule has 5 nitrogen and oxygen atoms in total. The fourth-order valence-corrected chi connectivity index (χ4v) is 6.38. The number of carbonyl (C=O) groups is 2. The highest BCUT2D eigenvalue weighted by Gasteiger charge is 2.42. The molecule has 4 rings (SSSR count). The van der Waals surface area contributed by atoms with Crippen molar-refractivity contribution in [3.8, 4) is 0 Å². The van der Waals surface area contributed by atoms with Crippen LogP contribution in [-0.2, 0) is 9.59 Å². The molecule has 0 aromatic rings. The van der Waals surface area contributed by atoms with Crippen molar-refractivity contribution in [2.24, 2.45) is 23.2 Å². The van der Waals surface area contributed by atoms with E-state index in [1.54, 1.807) is 6.92 Å². The summed E-state index contributed by atoms with van der Waals surface area (Å²) in [5.41, 5.74) is 0.574. The van der Waals surface area contributed by atoms with E-state index in [1.165, 1.54) is 45.6 Å². The molecule has 4 fully saturated rings. The topological polar surface area (TPSA) is 43.9 Å². The zero-order valence-corrected chi connectivity index (χ0v) is 18.0. The third kappa shape index (κ3) is 4.46. The van der Waals surface area contributed by atoms with Gasteiger partial charge in [-0.1, -0.05) is 0 Å². The Morgan fingerprint density at radius 1 is 0.857 bits per heavy atom. The Bertz CT molecular complexity index is 578. The van der Waals surface area contributed by atoms with Crippen molar-refractivity contribution in [1.82, 2.24) is 14.7 Å². The van der Waals surface area contributed by atoms with E-state index in [0.29, 0.717) is 17.1 Å². The summed E-state index contributed by atoms with van der Waals surface area (Å²) in [6.45, 7) is 9.92. The molecular formula is C23H39N3O2. The first-order valence-electron chi connectivity index (χ1n) is 11.6. The predicted octanol–water partition coefficient (Wildman–Crippen LogP) is 2.65. The first-order chi connectivity index (χ1) is 13.4. The summed E-state index contributed by atoms with van der Waals surface area (Å²) in [7, 11) is 2.26. The van der Waals surface area contributed by atoms with Gasteiger partial charge in [-0.2, -0.15) is 0 Å². The Hall–Kier alpha value is -0.940. The van der Waals surface area contributed by atoms with Crippen LogP contribution >= 0.6 is 0 Å². The molecule has 4 aliphatic rings. The van der Waals surface area contributed by atoms with Gasteiger partial charge in [0.05, 0.1) is 0 Å². The van der Waals surface area contributed by atoms with Crippen LogP contribution in [0.25, 0.3) is 0 Å². The second-order valence-corrected chi connectivity index (χ2v) is 10.4. The second kappa shape index (κ2) is 8.43. The highest BCUT2D eigenvalue weighted by atomic mass is 16.2. The molecule has 1 amide bonds. The molecule has 158 valence electrons. The molecule has 0 aromatic heterocycles. The first-order valence-corrected chi connectivity index (χ1v) is 11.6. The van der Waals surface area contributed by atoms with Crippen LogP contribution in [0, 0.1) is 23.2 Å². The van der Waals surface area contributed by atoms with E-state index >= 15 is 0 Å². The van der Waals surface area contributed by atoms with Gasteiger partial charge in [-0.05, 0) is 89.8 Å². The van der Waals surface area contributed by atoms with Gasteiger partial charge in [-0.15, -0.1) is 0 Å². The predicted molar refractivity (Wildman–Crippen MR) is 111 cm³/mol. The quantitative estimate of drug-likeness (QED) is 0.741. The number of amides is 1. The Morgan fingerprint density at radius 2 is 1.50 bits per heavy atom. The Balaban J connectivity index is 1.19. The number of hydrogen-bond acceptors (Lipinski definition) is 4. The SMILES string of the molecule is CC(=O)C1CCC(C(=O)N2CCC(CN3CCC4(CCN(C)C4)C3)CC2)CC1. The summed E-state index contributed by atoms with van der Waals surface area (Å²) in [5.74, 6) is 1.81. The minimum absolute atomic E-state index is 0.171. The first kappa shape index (κ1) is 20.3. The van der Waals surface area contributed by atoms with Gasteiger partial charge in [0.1, 0.15) is 5.78 Å². The Kier molecular flexibility index (Phi) is 6.12. The summed E-state index contributed by atoms with van der Waals surface area (Å²) in [6, 6.07) is 0. The summed E-state index contributed by atoms with van der Waals surface area (Å²) in [4.78, 5) is 31.8. The molecule has 5 heteroatoms. The van der Waals surface area contributed by atoms with Crippen LogP contribution in [0.3, 0.4) is 0 Å². The number of nitrogens with zero attached hydrogens (tertiary/aromatic N) is 3.